The number of hydrogen-bond acceptors (Lipinski definition) is 5. The van der Waals surface area contributed by atoms with Crippen molar-refractivity contribution in [2.24, 2.45) is 0 Å². The first-order chi connectivity index (χ1) is 9.43. The third kappa shape index (κ3) is 2.64. The number of methoxy groups -OCH3 is 1. The number of ether oxygens (including phenoxy) is 1. The van der Waals surface area contributed by atoms with E-state index in [2.05, 4.69) is 20.7 Å². The van der Waals surface area contributed by atoms with Gasteiger partial charge in [0.2, 0.25) is 5.91 Å². The van der Waals surface area contributed by atoms with Crippen molar-refractivity contribution in [3.8, 4) is 0 Å². The van der Waals surface area contributed by atoms with Crippen LogP contribution in [0.15, 0.2) is 18.2 Å². The van der Waals surface area contributed by atoms with Crippen LogP contribution in [0.3, 0.4) is 0 Å². The van der Waals surface area contributed by atoms with Crippen molar-refractivity contribution >= 4 is 39.2 Å². The van der Waals surface area contributed by atoms with Gasteiger partial charge in [0.05, 0.1) is 17.6 Å². The van der Waals surface area contributed by atoms with Gasteiger partial charge in [0.1, 0.15) is 5.69 Å². The van der Waals surface area contributed by atoms with Gasteiger partial charge in [0.25, 0.3) is 5.69 Å². The van der Waals surface area contributed by atoms with Gasteiger partial charge in [-0.1, -0.05) is 15.9 Å². The van der Waals surface area contributed by atoms with Crippen molar-refractivity contribution in [2.45, 2.75) is 11.2 Å². The van der Waals surface area contributed by atoms with Crippen LogP contribution in [0.4, 0.5) is 11.4 Å². The van der Waals surface area contributed by atoms with Crippen molar-refractivity contribution in [1.82, 2.24) is 0 Å². The van der Waals surface area contributed by atoms with E-state index >= 15 is 0 Å². The minimum Gasteiger partial charge on any atom is -0.465 e. The Balaban J connectivity index is 2.46. The molecule has 1 aromatic rings. The average molecular weight is 343 g/mol. The monoisotopic (exact) mass is 342 g/mol. The van der Waals surface area contributed by atoms with Gasteiger partial charge in [-0.05, 0) is 12.1 Å². The molecule has 106 valence electrons. The molecule has 1 amide bonds. The first-order valence-corrected chi connectivity index (χ1v) is 6.66. The fourth-order valence-electron chi connectivity index (χ4n) is 2.04. The molecule has 0 bridgehead atoms. The lowest BCUT2D eigenvalue weighted by Crippen LogP contribution is -2.25. The Hall–Kier alpha value is -1.96. The zero-order chi connectivity index (χ0) is 14.9. The van der Waals surface area contributed by atoms with Crippen LogP contribution in [-0.4, -0.2) is 35.3 Å². The average Bonchev–Trinajstić information content (AvgIpc) is 2.76. The summed E-state index contributed by atoms with van der Waals surface area (Å²) in [6, 6.07) is 3.92. The number of benzene rings is 1. The Morgan fingerprint density at radius 1 is 1.55 bits per heavy atom. The highest BCUT2D eigenvalue weighted by Gasteiger charge is 2.33. The number of esters is 1. The molecule has 7 nitrogen and oxygen atoms in total. The van der Waals surface area contributed by atoms with E-state index in [0.29, 0.717) is 6.54 Å². The third-order valence-electron chi connectivity index (χ3n) is 2.96. The fourth-order valence-corrected chi connectivity index (χ4v) is 2.61. The predicted octanol–water partition coefficient (Wildman–Crippen LogP) is 1.88. The largest absolute Gasteiger partial charge is 0.465 e. The molecule has 1 aliphatic heterocycles. The maximum Gasteiger partial charge on any atom is 0.338 e. The number of carbonyl (C=O) groups excluding carboxylic acids is 2. The highest BCUT2D eigenvalue weighted by atomic mass is 79.9. The molecule has 20 heavy (non-hydrogen) atoms. The van der Waals surface area contributed by atoms with Gasteiger partial charge in [-0.25, -0.2) is 4.79 Å². The molecular formula is C12H11BrN2O5. The molecule has 1 unspecified atom stereocenters. The molecule has 0 N–H and O–H groups in total. The normalized spacial score (nSPS) is 18.2. The van der Waals surface area contributed by atoms with E-state index in [1.807, 2.05) is 0 Å². The highest BCUT2D eigenvalue weighted by molar-refractivity contribution is 9.09. The molecule has 1 aromatic carbocycles. The lowest BCUT2D eigenvalue weighted by atomic mass is 10.1. The summed E-state index contributed by atoms with van der Waals surface area (Å²) in [6.45, 7) is 0.358. The molecule has 2 rings (SSSR count). The predicted molar refractivity (Wildman–Crippen MR) is 74.1 cm³/mol. The van der Waals surface area contributed by atoms with Crippen LogP contribution in [0.5, 0.6) is 0 Å². The van der Waals surface area contributed by atoms with Gasteiger partial charge in [0, 0.05) is 23.9 Å². The van der Waals surface area contributed by atoms with Gasteiger partial charge in [-0.3, -0.25) is 14.9 Å². The van der Waals surface area contributed by atoms with Gasteiger partial charge in [-0.15, -0.1) is 0 Å². The summed E-state index contributed by atoms with van der Waals surface area (Å²) in [7, 11) is 1.20. The zero-order valence-electron chi connectivity index (χ0n) is 10.5. The lowest BCUT2D eigenvalue weighted by Gasteiger charge is -2.16. The second-order valence-corrected chi connectivity index (χ2v) is 5.55. The quantitative estimate of drug-likeness (QED) is 0.362. The summed E-state index contributed by atoms with van der Waals surface area (Å²) in [4.78, 5) is 35.1. The number of alkyl halides is 1. The van der Waals surface area contributed by atoms with Gasteiger partial charge >= 0.3 is 5.97 Å². The van der Waals surface area contributed by atoms with Gasteiger partial charge < -0.3 is 9.64 Å². The van der Waals surface area contributed by atoms with Crippen LogP contribution < -0.4 is 4.90 Å². The molecule has 1 fully saturated rings. The van der Waals surface area contributed by atoms with E-state index in [1.165, 1.54) is 24.1 Å². The molecule has 0 radical (unpaired) electrons. The lowest BCUT2D eigenvalue weighted by molar-refractivity contribution is -0.384. The molecule has 1 atom stereocenters. The standard InChI is InChI=1S/C12H11BrN2O5/c1-20-12(17)7-2-3-9(10(4-7)15(18)19)14-6-8(13)5-11(14)16/h2-4,8H,5-6H2,1H3. The Kier molecular flexibility index (Phi) is 4.03. The Morgan fingerprint density at radius 3 is 2.75 bits per heavy atom. The van der Waals surface area contributed by atoms with Crippen molar-refractivity contribution in [1.29, 1.82) is 0 Å². The number of carbonyl (C=O) groups is 2. The summed E-state index contributed by atoms with van der Waals surface area (Å²) in [5.41, 5.74) is -0.0255. The Labute approximate surface area is 122 Å². The summed E-state index contributed by atoms with van der Waals surface area (Å²) in [5, 5.41) is 11.1. The maximum absolute atomic E-state index is 11.8. The molecule has 0 aromatic heterocycles. The van der Waals surface area contributed by atoms with E-state index < -0.39 is 10.9 Å². The number of amides is 1. The van der Waals surface area contributed by atoms with Crippen LogP contribution >= 0.6 is 15.9 Å². The highest BCUT2D eigenvalue weighted by Crippen LogP contribution is 2.33. The SMILES string of the molecule is COC(=O)c1ccc(N2CC(Br)CC2=O)c([N+](=O)[O-])c1. The van der Waals surface area contributed by atoms with Gasteiger partial charge in [-0.2, -0.15) is 0 Å². The molecule has 0 spiro atoms. The number of nitro groups is 1. The summed E-state index contributed by atoms with van der Waals surface area (Å²) >= 11 is 3.32. The van der Waals surface area contributed by atoms with E-state index in [-0.39, 0.29) is 34.1 Å². The number of halogens is 1. The smallest absolute Gasteiger partial charge is 0.338 e. The van der Waals surface area contributed by atoms with Crippen molar-refractivity contribution in [3.05, 3.63) is 33.9 Å². The fraction of sp³-hybridized carbons (Fsp3) is 0.333. The third-order valence-corrected chi connectivity index (χ3v) is 3.58. The van der Waals surface area contributed by atoms with E-state index in [1.54, 1.807) is 0 Å². The van der Waals surface area contributed by atoms with Crippen LogP contribution in [-0.2, 0) is 9.53 Å². The second-order valence-electron chi connectivity index (χ2n) is 4.26. The molecule has 0 saturated carbocycles. The minimum atomic E-state index is -0.661. The van der Waals surface area contributed by atoms with Crippen LogP contribution in [0.25, 0.3) is 0 Å². The number of nitro benzene ring substituents is 1. The van der Waals surface area contributed by atoms with E-state index in [4.69, 9.17) is 0 Å². The molecule has 1 heterocycles. The molecule has 1 saturated heterocycles. The van der Waals surface area contributed by atoms with Crippen LogP contribution in [0.2, 0.25) is 0 Å². The second kappa shape index (κ2) is 5.58. The summed E-state index contributed by atoms with van der Waals surface area (Å²) < 4.78 is 4.52. The number of rotatable bonds is 3. The summed E-state index contributed by atoms with van der Waals surface area (Å²) in [6.07, 6.45) is 0.288. The minimum absolute atomic E-state index is 0.0325. The van der Waals surface area contributed by atoms with Crippen LogP contribution in [0.1, 0.15) is 16.8 Å². The molecule has 1 aliphatic rings. The zero-order valence-corrected chi connectivity index (χ0v) is 12.1. The first kappa shape index (κ1) is 14.4. The number of nitrogens with zero attached hydrogens (tertiary/aromatic N) is 2. The Bertz CT molecular complexity index is 589. The van der Waals surface area contributed by atoms with Crippen molar-refractivity contribution < 1.29 is 19.2 Å². The first-order valence-electron chi connectivity index (χ1n) is 5.75. The van der Waals surface area contributed by atoms with E-state index in [0.717, 1.165) is 6.07 Å². The summed E-state index contributed by atoms with van der Waals surface area (Å²) in [5.74, 6) is -0.855. The maximum atomic E-state index is 11.8. The topological polar surface area (TPSA) is 89.8 Å². The molecular weight excluding hydrogens is 332 g/mol. The Morgan fingerprint density at radius 2 is 2.25 bits per heavy atom. The van der Waals surface area contributed by atoms with Crippen LogP contribution in [0, 0.1) is 10.1 Å². The van der Waals surface area contributed by atoms with E-state index in [9.17, 15) is 19.7 Å². The number of anilines is 1. The van der Waals surface area contributed by atoms with Crippen molar-refractivity contribution in [2.75, 3.05) is 18.6 Å². The molecule has 8 heteroatoms. The molecule has 0 aliphatic carbocycles. The van der Waals surface area contributed by atoms with Crippen molar-refractivity contribution in [3.63, 3.8) is 0 Å². The van der Waals surface area contributed by atoms with Gasteiger partial charge in [0.15, 0.2) is 0 Å². The number of hydrogen-bond donors (Lipinski definition) is 0.